The first-order valence-electron chi connectivity index (χ1n) is 9.44. The second kappa shape index (κ2) is 7.50. The fourth-order valence-corrected chi connectivity index (χ4v) is 5.05. The van der Waals surface area contributed by atoms with Crippen LogP contribution >= 0.6 is 22.9 Å². The molecule has 0 radical (unpaired) electrons. The summed E-state index contributed by atoms with van der Waals surface area (Å²) in [6.45, 7) is 1.95. The first-order valence-corrected chi connectivity index (χ1v) is 10.6. The zero-order chi connectivity index (χ0) is 19.8. The highest BCUT2D eigenvalue weighted by molar-refractivity contribution is 7.17. The molecule has 0 saturated carbocycles. The number of thiophene rings is 1. The van der Waals surface area contributed by atoms with E-state index in [0.717, 1.165) is 44.0 Å². The van der Waals surface area contributed by atoms with E-state index in [1.807, 2.05) is 59.5 Å². The second-order valence-corrected chi connectivity index (χ2v) is 8.45. The van der Waals surface area contributed by atoms with Gasteiger partial charge >= 0.3 is 0 Å². The molecule has 4 aromatic rings. The van der Waals surface area contributed by atoms with E-state index < -0.39 is 0 Å². The molecule has 144 valence electrons. The van der Waals surface area contributed by atoms with Crippen molar-refractivity contribution in [2.45, 2.75) is 13.1 Å². The fourth-order valence-electron chi connectivity index (χ4n) is 3.76. The van der Waals surface area contributed by atoms with Crippen molar-refractivity contribution in [2.24, 2.45) is 0 Å². The van der Waals surface area contributed by atoms with Gasteiger partial charge in [-0.2, -0.15) is 0 Å². The summed E-state index contributed by atoms with van der Waals surface area (Å²) in [6, 6.07) is 21.8. The van der Waals surface area contributed by atoms with Crippen LogP contribution in [0.1, 0.15) is 15.4 Å². The monoisotopic (exact) mass is 419 g/mol. The van der Waals surface area contributed by atoms with E-state index in [1.165, 1.54) is 11.3 Å². The maximum absolute atomic E-state index is 13.1. The quantitative estimate of drug-likeness (QED) is 0.434. The summed E-state index contributed by atoms with van der Waals surface area (Å²) in [5, 5.41) is 0.731. The Kier molecular flexibility index (Phi) is 4.70. The molecule has 1 aliphatic rings. The molecular formula is C23H18ClN3OS. The molecule has 5 rings (SSSR count). The molecule has 0 unspecified atom stereocenters. The van der Waals surface area contributed by atoms with Crippen LogP contribution in [0.15, 0.2) is 72.9 Å². The van der Waals surface area contributed by atoms with Crippen LogP contribution in [-0.4, -0.2) is 26.9 Å². The van der Waals surface area contributed by atoms with Crippen LogP contribution in [-0.2, 0) is 13.1 Å². The van der Waals surface area contributed by atoms with E-state index in [2.05, 4.69) is 21.7 Å². The molecule has 0 fully saturated rings. The highest BCUT2D eigenvalue weighted by Crippen LogP contribution is 2.34. The summed E-state index contributed by atoms with van der Waals surface area (Å²) < 4.78 is 2.23. The molecule has 1 aromatic carbocycles. The Labute approximate surface area is 178 Å². The minimum atomic E-state index is 0.0574. The van der Waals surface area contributed by atoms with Crippen LogP contribution in [0.3, 0.4) is 0 Å². The van der Waals surface area contributed by atoms with Crippen molar-refractivity contribution in [2.75, 3.05) is 6.54 Å². The molecule has 0 aliphatic carbocycles. The number of halogens is 1. The summed E-state index contributed by atoms with van der Waals surface area (Å²) in [5.74, 6) is 0.0574. The first kappa shape index (κ1) is 18.2. The highest BCUT2D eigenvalue weighted by Gasteiger charge is 2.26. The molecule has 0 bridgehead atoms. The number of benzene rings is 1. The minimum Gasteiger partial charge on any atom is -0.340 e. The predicted molar refractivity (Wildman–Crippen MR) is 117 cm³/mol. The van der Waals surface area contributed by atoms with Gasteiger partial charge in [0.25, 0.3) is 5.91 Å². The van der Waals surface area contributed by atoms with Gasteiger partial charge < -0.3 is 9.47 Å². The molecule has 29 heavy (non-hydrogen) atoms. The minimum absolute atomic E-state index is 0.0574. The Bertz CT molecular complexity index is 1170. The average molecular weight is 420 g/mol. The van der Waals surface area contributed by atoms with Gasteiger partial charge in [-0.25, -0.2) is 0 Å². The van der Waals surface area contributed by atoms with Crippen molar-refractivity contribution in [3.05, 3.63) is 88.5 Å². The van der Waals surface area contributed by atoms with Crippen LogP contribution < -0.4 is 0 Å². The topological polar surface area (TPSA) is 38.1 Å². The lowest BCUT2D eigenvalue weighted by Gasteiger charge is -2.29. The van der Waals surface area contributed by atoms with Crippen LogP contribution in [0.2, 0.25) is 5.02 Å². The fraction of sp³-hybridized carbons (Fsp3) is 0.130. The number of carbonyl (C=O) groups excluding carboxylic acids is 1. The molecule has 4 nitrogen and oxygen atoms in total. The van der Waals surface area contributed by atoms with Crippen molar-refractivity contribution in [1.29, 1.82) is 0 Å². The Morgan fingerprint density at radius 2 is 1.83 bits per heavy atom. The third-order valence-electron chi connectivity index (χ3n) is 5.15. The smallest absolute Gasteiger partial charge is 0.264 e. The summed E-state index contributed by atoms with van der Waals surface area (Å²) in [7, 11) is 0. The number of amides is 1. The summed E-state index contributed by atoms with van der Waals surface area (Å²) in [6.07, 6.45) is 1.77. The molecular weight excluding hydrogens is 402 g/mol. The third-order valence-corrected chi connectivity index (χ3v) is 6.53. The normalized spacial score (nSPS) is 13.3. The predicted octanol–water partition coefficient (Wildman–Crippen LogP) is 5.59. The zero-order valence-electron chi connectivity index (χ0n) is 15.6. The standard InChI is InChI=1S/C23H18ClN3OS/c24-18-14-17-15-26(12-13-27(17)22(18)16-6-2-1-3-7-16)23(28)21-10-9-20(29-21)19-8-4-5-11-25-19/h1-11,14H,12-13,15H2. The molecule has 1 aliphatic heterocycles. The number of hydrogen-bond acceptors (Lipinski definition) is 3. The van der Waals surface area contributed by atoms with E-state index in [-0.39, 0.29) is 5.91 Å². The number of aromatic nitrogens is 2. The first-order chi connectivity index (χ1) is 14.2. The number of rotatable bonds is 3. The van der Waals surface area contributed by atoms with Crippen LogP contribution in [0.25, 0.3) is 21.8 Å². The lowest BCUT2D eigenvalue weighted by atomic mass is 10.1. The van der Waals surface area contributed by atoms with Crippen LogP contribution in [0.4, 0.5) is 0 Å². The maximum Gasteiger partial charge on any atom is 0.264 e. The largest absolute Gasteiger partial charge is 0.340 e. The lowest BCUT2D eigenvalue weighted by molar-refractivity contribution is 0.0716. The Hall–Kier alpha value is -2.89. The number of pyridine rings is 1. The van der Waals surface area contributed by atoms with Gasteiger partial charge in [-0.05, 0) is 35.9 Å². The van der Waals surface area contributed by atoms with Crippen LogP contribution in [0.5, 0.6) is 0 Å². The van der Waals surface area contributed by atoms with Crippen molar-refractivity contribution >= 4 is 28.8 Å². The van der Waals surface area contributed by atoms with E-state index in [9.17, 15) is 4.79 Å². The van der Waals surface area contributed by atoms with Crippen molar-refractivity contribution in [3.63, 3.8) is 0 Å². The summed E-state index contributed by atoms with van der Waals surface area (Å²) in [5.41, 5.74) is 4.09. The van der Waals surface area contributed by atoms with E-state index >= 15 is 0 Å². The zero-order valence-corrected chi connectivity index (χ0v) is 17.2. The molecule has 0 N–H and O–H groups in total. The third kappa shape index (κ3) is 3.37. The van der Waals surface area contributed by atoms with Gasteiger partial charge in [-0.15, -0.1) is 11.3 Å². The van der Waals surface area contributed by atoms with Gasteiger partial charge in [0.1, 0.15) is 0 Å². The number of fused-ring (bicyclic) bond motifs is 1. The van der Waals surface area contributed by atoms with Crippen LogP contribution in [0, 0.1) is 0 Å². The van der Waals surface area contributed by atoms with E-state index in [0.29, 0.717) is 13.1 Å². The maximum atomic E-state index is 13.1. The van der Waals surface area contributed by atoms with Crippen molar-refractivity contribution in [1.82, 2.24) is 14.5 Å². The molecule has 6 heteroatoms. The molecule has 0 spiro atoms. The van der Waals surface area contributed by atoms with Gasteiger partial charge in [-0.1, -0.05) is 48.0 Å². The highest BCUT2D eigenvalue weighted by atomic mass is 35.5. The Balaban J connectivity index is 1.39. The van der Waals surface area contributed by atoms with Crippen molar-refractivity contribution < 1.29 is 4.79 Å². The number of nitrogens with zero attached hydrogens (tertiary/aromatic N) is 3. The average Bonchev–Trinajstić information content (AvgIpc) is 3.38. The molecule has 4 heterocycles. The summed E-state index contributed by atoms with van der Waals surface area (Å²) >= 11 is 8.04. The Morgan fingerprint density at radius 3 is 2.62 bits per heavy atom. The summed E-state index contributed by atoms with van der Waals surface area (Å²) in [4.78, 5) is 21.1. The molecule has 0 saturated heterocycles. The van der Waals surface area contributed by atoms with E-state index in [1.54, 1.807) is 6.20 Å². The molecule has 1 amide bonds. The second-order valence-electron chi connectivity index (χ2n) is 6.96. The van der Waals surface area contributed by atoms with Gasteiger partial charge in [0, 0.05) is 25.0 Å². The number of hydrogen-bond donors (Lipinski definition) is 0. The number of carbonyl (C=O) groups is 1. The van der Waals surface area contributed by atoms with Gasteiger partial charge in [0.15, 0.2) is 0 Å². The molecule has 0 atom stereocenters. The van der Waals surface area contributed by atoms with Gasteiger partial charge in [-0.3, -0.25) is 9.78 Å². The van der Waals surface area contributed by atoms with Gasteiger partial charge in [0.05, 0.1) is 32.7 Å². The molecule has 3 aromatic heterocycles. The van der Waals surface area contributed by atoms with Crippen molar-refractivity contribution in [3.8, 4) is 21.8 Å². The Morgan fingerprint density at radius 1 is 1.00 bits per heavy atom. The van der Waals surface area contributed by atoms with E-state index in [4.69, 9.17) is 11.6 Å². The lowest BCUT2D eigenvalue weighted by Crippen LogP contribution is -2.37. The SMILES string of the molecule is O=C(c1ccc(-c2ccccn2)s1)N1CCn2c(cc(Cl)c2-c2ccccc2)C1. The van der Waals surface area contributed by atoms with Gasteiger partial charge in [0.2, 0.25) is 0 Å².